The summed E-state index contributed by atoms with van der Waals surface area (Å²) in [7, 11) is -3.69. The fourth-order valence-electron chi connectivity index (χ4n) is 4.85. The zero-order valence-electron chi connectivity index (χ0n) is 22.2. The molecule has 41 heavy (non-hydrogen) atoms. The number of H-pyrrole nitrogens is 1. The van der Waals surface area contributed by atoms with Crippen molar-refractivity contribution in [3.8, 4) is 0 Å². The molecule has 15 heteroatoms. The van der Waals surface area contributed by atoms with Crippen LogP contribution in [0.4, 0.5) is 9.18 Å². The summed E-state index contributed by atoms with van der Waals surface area (Å²) in [5, 5.41) is 2.71. The molecule has 1 aliphatic heterocycles. The fraction of sp³-hybridized carbons (Fsp3) is 0.423. The van der Waals surface area contributed by atoms with E-state index < -0.39 is 39.5 Å². The van der Waals surface area contributed by atoms with Crippen molar-refractivity contribution in [1.82, 2.24) is 19.8 Å². The number of likely N-dealkylation sites (tertiary alicyclic amines) is 1. The Labute approximate surface area is 245 Å². The molecule has 222 valence electrons. The quantitative estimate of drug-likeness (QED) is 0.326. The summed E-state index contributed by atoms with van der Waals surface area (Å²) in [5.41, 5.74) is 3.87. The first-order valence-electron chi connectivity index (χ1n) is 13.0. The molecule has 0 spiro atoms. The minimum absolute atomic E-state index is 0.0288. The first kappa shape index (κ1) is 31.0. The number of aromatic amines is 1. The van der Waals surface area contributed by atoms with E-state index in [-0.39, 0.29) is 68.5 Å². The predicted molar refractivity (Wildman–Crippen MR) is 154 cm³/mol. The Balaban J connectivity index is 1.65. The van der Waals surface area contributed by atoms with Crippen molar-refractivity contribution in [2.24, 2.45) is 5.73 Å². The van der Waals surface area contributed by atoms with E-state index in [1.807, 2.05) is 4.90 Å². The van der Waals surface area contributed by atoms with Crippen LogP contribution in [0.15, 0.2) is 38.8 Å². The van der Waals surface area contributed by atoms with Gasteiger partial charge in [0.15, 0.2) is 9.84 Å². The zero-order chi connectivity index (χ0) is 29.9. The van der Waals surface area contributed by atoms with Crippen LogP contribution >= 0.6 is 23.2 Å². The van der Waals surface area contributed by atoms with Crippen LogP contribution in [0, 0.1) is 5.82 Å². The molecule has 0 aliphatic carbocycles. The molecule has 1 amide bonds. The molecule has 0 bridgehead atoms. The van der Waals surface area contributed by atoms with Crippen molar-refractivity contribution in [3.05, 3.63) is 72.1 Å². The van der Waals surface area contributed by atoms with Gasteiger partial charge in [-0.1, -0.05) is 30.1 Å². The maximum absolute atomic E-state index is 15.4. The summed E-state index contributed by atoms with van der Waals surface area (Å²) in [6.07, 6.45) is 0.863. The number of nitrogens with zero attached hydrogens (tertiary/aromatic N) is 2. The van der Waals surface area contributed by atoms with Crippen molar-refractivity contribution in [1.29, 1.82) is 0 Å². The number of alkyl carbamates (subject to hydrolysis) is 1. The van der Waals surface area contributed by atoms with Crippen LogP contribution in [-0.2, 0) is 27.7 Å². The van der Waals surface area contributed by atoms with Crippen LogP contribution < -0.4 is 22.3 Å². The number of ether oxygens (including phenoxy) is 1. The van der Waals surface area contributed by atoms with Gasteiger partial charge < -0.3 is 20.8 Å². The number of carbonyl (C=O) groups is 1. The predicted octanol–water partition coefficient (Wildman–Crippen LogP) is 2.63. The minimum Gasteiger partial charge on any atom is -0.448 e. The molecule has 11 nitrogen and oxygen atoms in total. The number of hydrogen-bond acceptors (Lipinski definition) is 8. The number of piperidine rings is 1. The van der Waals surface area contributed by atoms with Gasteiger partial charge in [-0.15, -0.1) is 0 Å². The molecular formula is C26H30Cl2FN5O6S. The minimum atomic E-state index is -3.69. The van der Waals surface area contributed by atoms with Crippen LogP contribution in [0.25, 0.3) is 10.9 Å². The number of fused-ring (bicyclic) bond motifs is 1. The molecule has 1 fully saturated rings. The lowest BCUT2D eigenvalue weighted by Crippen LogP contribution is -2.47. The molecule has 4 N–H and O–H groups in total. The van der Waals surface area contributed by atoms with Gasteiger partial charge in [-0.3, -0.25) is 14.3 Å². The van der Waals surface area contributed by atoms with Gasteiger partial charge in [0.2, 0.25) is 0 Å². The SMILES string of the molecule is CCS(=O)(=O)c1ccc(Cl)cc1Cn1c(=O)[nH]c2c(Cl)c(CN3CCC[C@@H](NC(=O)OCCN)C3)c(F)cc2c1=O. The van der Waals surface area contributed by atoms with Gasteiger partial charge in [-0.05, 0) is 49.2 Å². The Morgan fingerprint density at radius 2 is 2.00 bits per heavy atom. The van der Waals surface area contributed by atoms with E-state index >= 15 is 4.39 Å². The molecule has 4 rings (SSSR count). The highest BCUT2D eigenvalue weighted by atomic mass is 35.5. The first-order chi connectivity index (χ1) is 19.4. The highest BCUT2D eigenvalue weighted by Crippen LogP contribution is 2.29. The van der Waals surface area contributed by atoms with Crippen LogP contribution in [0.1, 0.15) is 30.9 Å². The number of nitrogens with one attached hydrogen (secondary N) is 2. The molecule has 2 heterocycles. The standard InChI is InChI=1S/C26H30Cl2FN5O6S/c1-2-41(38,39)21-6-5-16(27)10-15(21)12-34-24(35)18-11-20(29)19(22(28)23(18)32-25(34)36)14-33-8-3-4-17(13-33)31-26(37)40-9-7-30/h5-6,10-11,17H,2-4,7-9,12-14,30H2,1H3,(H,31,37)(H,32,36)/t17-/m1/s1. The van der Waals surface area contributed by atoms with E-state index in [4.69, 9.17) is 33.7 Å². The van der Waals surface area contributed by atoms with Crippen LogP contribution in [0.2, 0.25) is 10.0 Å². The summed E-state index contributed by atoms with van der Waals surface area (Å²) in [4.78, 5) is 42.7. The number of hydrogen-bond donors (Lipinski definition) is 3. The maximum Gasteiger partial charge on any atom is 0.407 e. The van der Waals surface area contributed by atoms with Crippen LogP contribution in [0.3, 0.4) is 0 Å². The third-order valence-corrected chi connectivity index (χ3v) is 9.37. The normalized spacial score (nSPS) is 16.2. The Morgan fingerprint density at radius 1 is 1.24 bits per heavy atom. The highest BCUT2D eigenvalue weighted by molar-refractivity contribution is 7.91. The number of amides is 1. The van der Waals surface area contributed by atoms with Crippen molar-refractivity contribution < 1.29 is 22.3 Å². The monoisotopic (exact) mass is 629 g/mol. The van der Waals surface area contributed by atoms with Crippen molar-refractivity contribution in [2.45, 2.75) is 43.8 Å². The number of nitrogens with two attached hydrogens (primary N) is 1. The van der Waals surface area contributed by atoms with Crippen molar-refractivity contribution in [2.75, 3.05) is 32.0 Å². The second-order valence-electron chi connectivity index (χ2n) is 9.69. The summed E-state index contributed by atoms with van der Waals surface area (Å²) in [5.74, 6) is -0.937. The molecule has 1 saturated heterocycles. The number of aromatic nitrogens is 2. The second-order valence-corrected chi connectivity index (χ2v) is 12.8. The topological polar surface area (TPSA) is 157 Å². The van der Waals surface area contributed by atoms with Gasteiger partial charge in [-0.25, -0.2) is 22.4 Å². The average molecular weight is 631 g/mol. The third kappa shape index (κ3) is 6.92. The molecule has 0 saturated carbocycles. The molecule has 2 aromatic carbocycles. The molecule has 1 aromatic heterocycles. The fourth-order valence-corrected chi connectivity index (χ4v) is 6.46. The Bertz CT molecular complexity index is 1690. The molecule has 3 aromatic rings. The largest absolute Gasteiger partial charge is 0.448 e. The van der Waals surface area contributed by atoms with E-state index in [2.05, 4.69) is 10.3 Å². The van der Waals surface area contributed by atoms with E-state index in [1.54, 1.807) is 0 Å². The number of carbonyl (C=O) groups excluding carboxylic acids is 1. The third-order valence-electron chi connectivity index (χ3n) is 6.89. The van der Waals surface area contributed by atoms with Gasteiger partial charge in [0, 0.05) is 36.3 Å². The van der Waals surface area contributed by atoms with E-state index in [1.165, 1.54) is 25.1 Å². The summed E-state index contributed by atoms with van der Waals surface area (Å²) in [6.45, 7) is 2.47. The maximum atomic E-state index is 15.4. The smallest absolute Gasteiger partial charge is 0.407 e. The van der Waals surface area contributed by atoms with Crippen molar-refractivity contribution >= 4 is 50.0 Å². The highest BCUT2D eigenvalue weighted by Gasteiger charge is 2.25. The van der Waals surface area contributed by atoms with Gasteiger partial charge >= 0.3 is 11.8 Å². The lowest BCUT2D eigenvalue weighted by molar-refractivity contribution is 0.130. The average Bonchev–Trinajstić information content (AvgIpc) is 2.93. The number of halogens is 3. The van der Waals surface area contributed by atoms with Crippen LogP contribution in [-0.4, -0.2) is 67.0 Å². The molecule has 1 aliphatic rings. The van der Waals surface area contributed by atoms with Gasteiger partial charge in [0.25, 0.3) is 5.56 Å². The van der Waals surface area contributed by atoms with Gasteiger partial charge in [0.1, 0.15) is 12.4 Å². The summed E-state index contributed by atoms with van der Waals surface area (Å²) in [6, 6.07) is 4.89. The zero-order valence-corrected chi connectivity index (χ0v) is 24.5. The Morgan fingerprint density at radius 3 is 2.71 bits per heavy atom. The second kappa shape index (κ2) is 12.9. The molecule has 0 radical (unpaired) electrons. The van der Waals surface area contributed by atoms with Gasteiger partial charge in [-0.2, -0.15) is 0 Å². The molecule has 1 atom stereocenters. The molecule has 0 unspecified atom stereocenters. The number of sulfone groups is 1. The van der Waals surface area contributed by atoms with Crippen LogP contribution in [0.5, 0.6) is 0 Å². The van der Waals surface area contributed by atoms with E-state index in [0.29, 0.717) is 19.5 Å². The number of benzene rings is 2. The lowest BCUT2D eigenvalue weighted by Gasteiger charge is -2.33. The van der Waals surface area contributed by atoms with E-state index in [0.717, 1.165) is 17.1 Å². The first-order valence-corrected chi connectivity index (χ1v) is 15.4. The van der Waals surface area contributed by atoms with Crippen molar-refractivity contribution in [3.63, 3.8) is 0 Å². The van der Waals surface area contributed by atoms with Gasteiger partial charge in [0.05, 0.1) is 33.1 Å². The van der Waals surface area contributed by atoms with E-state index in [9.17, 15) is 22.8 Å². The summed E-state index contributed by atoms with van der Waals surface area (Å²) >= 11 is 12.6. The lowest BCUT2D eigenvalue weighted by atomic mass is 10.0. The molecular weight excluding hydrogens is 600 g/mol. The Hall–Kier alpha value is -2.97. The Kier molecular flexibility index (Phi) is 9.75. The number of rotatable bonds is 9. The summed E-state index contributed by atoms with van der Waals surface area (Å²) < 4.78 is 46.3.